The number of Topliss-reactive ketones (excluding diaryl/α,β-unsaturated/α-hetero) is 1. The van der Waals surface area contributed by atoms with Gasteiger partial charge in [-0.25, -0.2) is 0 Å². The van der Waals surface area contributed by atoms with Crippen molar-refractivity contribution in [3.8, 4) is 0 Å². The second kappa shape index (κ2) is 16.8. The molecule has 0 aliphatic heterocycles. The summed E-state index contributed by atoms with van der Waals surface area (Å²) in [5, 5.41) is -0.0289. The van der Waals surface area contributed by atoms with Gasteiger partial charge in [0.1, 0.15) is 18.3 Å². The van der Waals surface area contributed by atoms with Crippen molar-refractivity contribution in [2.75, 3.05) is 6.61 Å². The highest BCUT2D eigenvalue weighted by molar-refractivity contribution is 6.74. The van der Waals surface area contributed by atoms with Crippen LogP contribution in [0, 0.1) is 5.92 Å². The Labute approximate surface area is 287 Å². The van der Waals surface area contributed by atoms with E-state index in [1.54, 1.807) is 0 Å². The molecule has 0 amide bonds. The topological polar surface area (TPSA) is 63.2 Å². The van der Waals surface area contributed by atoms with Crippen LogP contribution in [0.3, 0.4) is 0 Å². The fourth-order valence-corrected chi connectivity index (χ4v) is 6.66. The Morgan fingerprint density at radius 2 is 0.875 bits per heavy atom. The second-order valence-electron chi connectivity index (χ2n) is 14.1. The van der Waals surface area contributed by atoms with Crippen LogP contribution >= 0.6 is 0 Å². The van der Waals surface area contributed by atoms with Crippen LogP contribution in [0.15, 0.2) is 121 Å². The molecule has 5 atom stereocenters. The monoisotopic (exact) mass is 666 g/mol. The predicted molar refractivity (Wildman–Crippen MR) is 192 cm³/mol. The molecule has 0 bridgehead atoms. The van der Waals surface area contributed by atoms with Crippen molar-refractivity contribution in [2.45, 2.75) is 89.7 Å². The maximum atomic E-state index is 14.8. The fraction of sp³-hybridized carbons (Fsp3) is 0.390. The van der Waals surface area contributed by atoms with Crippen molar-refractivity contribution in [3.63, 3.8) is 0 Å². The third kappa shape index (κ3) is 9.59. The van der Waals surface area contributed by atoms with Crippen LogP contribution in [-0.4, -0.2) is 45.1 Å². The van der Waals surface area contributed by atoms with Gasteiger partial charge in [0.05, 0.1) is 38.4 Å². The molecule has 254 valence electrons. The average Bonchev–Trinajstić information content (AvgIpc) is 3.09. The standard InChI is InChI=1S/C41H50O6Si/c1-41(2,3)48(4,5)47-30-35-36(42)38(44-27-32-20-12-7-13-21-32)40(46-29-34-24-16-9-17-25-34)39(45-28-33-22-14-8-15-23-33)37(35)43-26-31-18-10-6-11-19-31/h6-25,35,37-40H,26-30H2,1-5H3/t35-,37+,38-,39-,40-/m0/s1. The highest BCUT2D eigenvalue weighted by Crippen LogP contribution is 2.39. The molecular formula is C41H50O6Si. The molecule has 4 aromatic carbocycles. The van der Waals surface area contributed by atoms with E-state index in [1.807, 2.05) is 121 Å². The molecule has 0 N–H and O–H groups in total. The molecule has 6 nitrogen and oxygen atoms in total. The van der Waals surface area contributed by atoms with E-state index in [9.17, 15) is 4.79 Å². The quantitative estimate of drug-likeness (QED) is 0.119. The molecule has 0 aromatic heterocycles. The number of carbonyl (C=O) groups is 1. The van der Waals surface area contributed by atoms with Gasteiger partial charge in [-0.15, -0.1) is 0 Å². The van der Waals surface area contributed by atoms with Gasteiger partial charge in [0.2, 0.25) is 0 Å². The molecule has 0 spiro atoms. The van der Waals surface area contributed by atoms with Crippen molar-refractivity contribution in [1.82, 2.24) is 0 Å². The number of rotatable bonds is 15. The number of ether oxygens (including phenoxy) is 4. The number of benzene rings is 4. The van der Waals surface area contributed by atoms with E-state index in [0.29, 0.717) is 19.8 Å². The second-order valence-corrected chi connectivity index (χ2v) is 18.9. The summed E-state index contributed by atoms with van der Waals surface area (Å²) in [5.74, 6) is -0.707. The number of ketones is 1. The summed E-state index contributed by atoms with van der Waals surface area (Å²) in [6.07, 6.45) is -2.87. The molecule has 4 aromatic rings. The van der Waals surface area contributed by atoms with Crippen molar-refractivity contribution < 1.29 is 28.2 Å². The predicted octanol–water partition coefficient (Wildman–Crippen LogP) is 8.55. The third-order valence-corrected chi connectivity index (χ3v) is 14.0. The van der Waals surface area contributed by atoms with E-state index in [2.05, 4.69) is 33.9 Å². The molecule has 0 radical (unpaired) electrons. The van der Waals surface area contributed by atoms with E-state index < -0.39 is 38.7 Å². The zero-order valence-electron chi connectivity index (χ0n) is 28.9. The van der Waals surface area contributed by atoms with Gasteiger partial charge in [0, 0.05) is 6.61 Å². The minimum atomic E-state index is -2.22. The van der Waals surface area contributed by atoms with Crippen LogP contribution in [0.4, 0.5) is 0 Å². The lowest BCUT2D eigenvalue weighted by atomic mass is 9.79. The Morgan fingerprint density at radius 3 is 1.27 bits per heavy atom. The van der Waals surface area contributed by atoms with E-state index in [1.165, 1.54) is 0 Å². The van der Waals surface area contributed by atoms with Gasteiger partial charge < -0.3 is 23.4 Å². The normalized spacial score (nSPS) is 21.7. The first-order chi connectivity index (χ1) is 23.1. The number of hydrogen-bond donors (Lipinski definition) is 0. The largest absolute Gasteiger partial charge is 0.416 e. The summed E-state index contributed by atoms with van der Waals surface area (Å²) in [6.45, 7) is 12.5. The minimum Gasteiger partial charge on any atom is -0.416 e. The Morgan fingerprint density at radius 1 is 0.521 bits per heavy atom. The van der Waals surface area contributed by atoms with Crippen LogP contribution in [0.25, 0.3) is 0 Å². The lowest BCUT2D eigenvalue weighted by molar-refractivity contribution is -0.224. The molecule has 1 aliphatic carbocycles. The Kier molecular flexibility index (Phi) is 12.5. The molecular weight excluding hydrogens is 617 g/mol. The molecule has 0 heterocycles. The van der Waals surface area contributed by atoms with Gasteiger partial charge in [0.15, 0.2) is 14.1 Å². The van der Waals surface area contributed by atoms with Crippen molar-refractivity contribution >= 4 is 14.1 Å². The summed E-state index contributed by atoms with van der Waals surface area (Å²) in [6, 6.07) is 40.0. The van der Waals surface area contributed by atoms with Gasteiger partial charge in [-0.3, -0.25) is 4.79 Å². The average molecular weight is 667 g/mol. The van der Waals surface area contributed by atoms with E-state index in [0.717, 1.165) is 22.3 Å². The number of carbonyl (C=O) groups excluding carboxylic acids is 1. The minimum absolute atomic E-state index is 0.0289. The maximum Gasteiger partial charge on any atom is 0.192 e. The first-order valence-electron chi connectivity index (χ1n) is 16.9. The molecule has 0 unspecified atom stereocenters. The van der Waals surface area contributed by atoms with Crippen molar-refractivity contribution in [1.29, 1.82) is 0 Å². The Hall–Kier alpha value is -3.43. The molecule has 1 aliphatic rings. The van der Waals surface area contributed by atoms with Gasteiger partial charge in [-0.05, 0) is 40.4 Å². The van der Waals surface area contributed by atoms with E-state index >= 15 is 0 Å². The maximum absolute atomic E-state index is 14.8. The van der Waals surface area contributed by atoms with Gasteiger partial charge >= 0.3 is 0 Å². The number of hydrogen-bond acceptors (Lipinski definition) is 6. The first kappa shape index (κ1) is 35.9. The lowest BCUT2D eigenvalue weighted by Crippen LogP contribution is -2.63. The fourth-order valence-electron chi connectivity index (χ4n) is 5.63. The molecule has 0 saturated heterocycles. The summed E-state index contributed by atoms with van der Waals surface area (Å²) >= 11 is 0. The van der Waals surface area contributed by atoms with Gasteiger partial charge in [-0.2, -0.15) is 0 Å². The molecule has 1 saturated carbocycles. The molecule has 7 heteroatoms. The zero-order valence-corrected chi connectivity index (χ0v) is 29.9. The summed E-state index contributed by atoms with van der Waals surface area (Å²) in [7, 11) is -2.22. The molecule has 5 rings (SSSR count). The Bertz CT molecular complexity index is 1530. The van der Waals surface area contributed by atoms with Gasteiger partial charge in [-0.1, -0.05) is 142 Å². The highest BCUT2D eigenvalue weighted by atomic mass is 28.4. The van der Waals surface area contributed by atoms with Crippen molar-refractivity contribution in [3.05, 3.63) is 144 Å². The Balaban J connectivity index is 1.52. The summed E-state index contributed by atoms with van der Waals surface area (Å²) < 4.78 is 33.6. The first-order valence-corrected chi connectivity index (χ1v) is 19.8. The molecule has 48 heavy (non-hydrogen) atoms. The lowest BCUT2D eigenvalue weighted by Gasteiger charge is -2.46. The van der Waals surface area contributed by atoms with E-state index in [-0.39, 0.29) is 24.0 Å². The van der Waals surface area contributed by atoms with E-state index in [4.69, 9.17) is 23.4 Å². The summed E-state index contributed by atoms with van der Waals surface area (Å²) in [4.78, 5) is 14.8. The van der Waals surface area contributed by atoms with Gasteiger partial charge in [0.25, 0.3) is 0 Å². The third-order valence-electron chi connectivity index (χ3n) is 9.55. The van der Waals surface area contributed by atoms with Crippen molar-refractivity contribution in [2.24, 2.45) is 5.92 Å². The SMILES string of the molecule is CC(C)(C)[Si](C)(C)OC[C@H]1C(=O)[C@H](OCc2ccccc2)[C@H](OCc2ccccc2)[C@@H](OCc2ccccc2)[C@@H]1OCc1ccccc1. The smallest absolute Gasteiger partial charge is 0.192 e. The van der Waals surface area contributed by atoms with Crippen LogP contribution in [0.5, 0.6) is 0 Å². The summed E-state index contributed by atoms with van der Waals surface area (Å²) in [5.41, 5.74) is 4.01. The van der Waals surface area contributed by atoms with Crippen LogP contribution in [0.2, 0.25) is 18.1 Å². The van der Waals surface area contributed by atoms with Crippen LogP contribution < -0.4 is 0 Å². The highest BCUT2D eigenvalue weighted by Gasteiger charge is 2.54. The van der Waals surface area contributed by atoms with Crippen LogP contribution in [0.1, 0.15) is 43.0 Å². The molecule has 1 fully saturated rings. The van der Waals surface area contributed by atoms with Crippen LogP contribution in [-0.2, 0) is 54.6 Å². The zero-order chi connectivity index (χ0) is 34.0.